The van der Waals surface area contributed by atoms with Crippen LogP contribution in [0.2, 0.25) is 0 Å². The zero-order valence-corrected chi connectivity index (χ0v) is 22.4. The topological polar surface area (TPSA) is 97.8 Å². The van der Waals surface area contributed by atoms with Crippen LogP contribution >= 0.6 is 11.3 Å². The van der Waals surface area contributed by atoms with E-state index < -0.39 is 44.8 Å². The molecule has 2 N–H and O–H groups in total. The van der Waals surface area contributed by atoms with Gasteiger partial charge in [-0.2, -0.15) is 21.6 Å². The van der Waals surface area contributed by atoms with Crippen molar-refractivity contribution in [2.24, 2.45) is 0 Å². The highest BCUT2D eigenvalue weighted by Crippen LogP contribution is 2.50. The summed E-state index contributed by atoms with van der Waals surface area (Å²) >= 11 is 1.14. The van der Waals surface area contributed by atoms with Crippen molar-refractivity contribution < 1.29 is 45.0 Å². The number of thiazole rings is 1. The first-order chi connectivity index (χ1) is 18.6. The van der Waals surface area contributed by atoms with Gasteiger partial charge in [-0.1, -0.05) is 12.1 Å². The normalized spacial score (nSPS) is 18.7. The van der Waals surface area contributed by atoms with Crippen LogP contribution in [0.1, 0.15) is 42.0 Å². The maximum Gasteiger partial charge on any atom is 0.516 e. The van der Waals surface area contributed by atoms with Gasteiger partial charge >= 0.3 is 15.5 Å². The highest BCUT2D eigenvalue weighted by atomic mass is 32.2. The van der Waals surface area contributed by atoms with Crippen molar-refractivity contribution in [2.75, 3.05) is 4.72 Å². The molecule has 2 atom stereocenters. The molecule has 0 spiro atoms. The summed E-state index contributed by atoms with van der Waals surface area (Å²) in [5, 5.41) is 11.8. The zero-order valence-electron chi connectivity index (χ0n) is 20.8. The van der Waals surface area contributed by atoms with Gasteiger partial charge < -0.3 is 14.6 Å². The summed E-state index contributed by atoms with van der Waals surface area (Å²) in [5.74, 6) is -2.09. The third kappa shape index (κ3) is 5.30. The van der Waals surface area contributed by atoms with Crippen molar-refractivity contribution in [2.45, 2.75) is 43.6 Å². The third-order valence-corrected chi connectivity index (χ3v) is 8.48. The van der Waals surface area contributed by atoms with Gasteiger partial charge in [-0.15, -0.1) is 11.3 Å². The van der Waals surface area contributed by atoms with E-state index >= 15 is 0 Å². The standard InChI is InChI=1S/C26H21F5N2O5S2/c1-25(2)23(13-4-3-5-14(8-13)33-40(35,36)26(29,30)31)24(34)16-9-15(6-7-20(16)38-25)37-12-22-32-19-10-17(27)18(28)11-21(19)39-22/h3-11,23-24,33-34H,12H2,1-2H3. The van der Waals surface area contributed by atoms with Gasteiger partial charge in [0.25, 0.3) is 0 Å². The second-order valence-electron chi connectivity index (χ2n) is 9.63. The minimum atomic E-state index is -5.64. The molecular weight excluding hydrogens is 579 g/mol. The number of benzene rings is 3. The molecule has 212 valence electrons. The Bertz CT molecular complexity index is 1670. The van der Waals surface area contributed by atoms with Crippen LogP contribution in [0.3, 0.4) is 0 Å². The maximum absolute atomic E-state index is 13.5. The number of halogens is 5. The molecular formula is C26H21F5N2O5S2. The van der Waals surface area contributed by atoms with E-state index in [4.69, 9.17) is 9.47 Å². The Labute approximate surface area is 229 Å². The molecule has 1 aliphatic rings. The number of aliphatic hydroxyl groups is 1. The molecule has 1 aliphatic heterocycles. The first kappa shape index (κ1) is 28.1. The highest BCUT2D eigenvalue weighted by molar-refractivity contribution is 7.93. The number of nitrogens with zero attached hydrogens (tertiary/aromatic N) is 1. The summed E-state index contributed by atoms with van der Waals surface area (Å²) in [6.07, 6.45) is -1.20. The van der Waals surface area contributed by atoms with Crippen LogP contribution in [0.4, 0.5) is 27.6 Å². The lowest BCUT2D eigenvalue weighted by atomic mass is 9.76. The number of alkyl halides is 3. The molecule has 2 unspecified atom stereocenters. The Morgan fingerprint density at radius 2 is 1.82 bits per heavy atom. The van der Waals surface area contributed by atoms with Gasteiger partial charge in [0.05, 0.1) is 22.2 Å². The van der Waals surface area contributed by atoms with Gasteiger partial charge in [-0.25, -0.2) is 13.8 Å². The molecule has 4 aromatic rings. The lowest BCUT2D eigenvalue weighted by Crippen LogP contribution is -2.43. The lowest BCUT2D eigenvalue weighted by Gasteiger charge is -2.43. The van der Waals surface area contributed by atoms with E-state index in [9.17, 15) is 35.5 Å². The molecule has 0 radical (unpaired) electrons. The summed E-state index contributed by atoms with van der Waals surface area (Å²) in [6.45, 7) is 3.37. The van der Waals surface area contributed by atoms with E-state index in [1.807, 2.05) is 0 Å². The zero-order chi connectivity index (χ0) is 29.0. The molecule has 0 aliphatic carbocycles. The summed E-state index contributed by atoms with van der Waals surface area (Å²) in [7, 11) is -5.64. The van der Waals surface area contributed by atoms with Crippen LogP contribution in [0, 0.1) is 11.6 Å². The van der Waals surface area contributed by atoms with E-state index in [0.717, 1.165) is 23.5 Å². The summed E-state index contributed by atoms with van der Waals surface area (Å²) in [5.41, 5.74) is -5.88. The van der Waals surface area contributed by atoms with E-state index in [2.05, 4.69) is 4.98 Å². The number of nitrogens with one attached hydrogen (secondary N) is 1. The second-order valence-corrected chi connectivity index (χ2v) is 12.4. The van der Waals surface area contributed by atoms with Crippen molar-refractivity contribution in [3.8, 4) is 11.5 Å². The number of aliphatic hydroxyl groups excluding tert-OH is 1. The van der Waals surface area contributed by atoms with E-state index in [0.29, 0.717) is 37.9 Å². The van der Waals surface area contributed by atoms with E-state index in [1.54, 1.807) is 38.1 Å². The molecule has 3 aromatic carbocycles. The first-order valence-electron chi connectivity index (χ1n) is 11.7. The number of anilines is 1. The van der Waals surface area contributed by atoms with Gasteiger partial charge in [0, 0.05) is 17.3 Å². The van der Waals surface area contributed by atoms with Crippen LogP contribution in [0.25, 0.3) is 10.2 Å². The molecule has 0 amide bonds. The fourth-order valence-corrected chi connectivity index (χ4v) is 6.06. The van der Waals surface area contributed by atoms with Gasteiger partial charge in [0.1, 0.15) is 28.7 Å². The SMILES string of the molecule is CC1(C)Oc2ccc(OCc3nc4cc(F)c(F)cc4s3)cc2C(O)C1c1cccc(NS(=O)(=O)C(F)(F)F)c1. The minimum absolute atomic E-state index is 0.0192. The first-order valence-corrected chi connectivity index (χ1v) is 14.0. The molecule has 0 saturated heterocycles. The smallest absolute Gasteiger partial charge is 0.487 e. The largest absolute Gasteiger partial charge is 0.516 e. The monoisotopic (exact) mass is 600 g/mol. The van der Waals surface area contributed by atoms with Crippen LogP contribution in [0.5, 0.6) is 11.5 Å². The Balaban J connectivity index is 1.39. The number of aromatic nitrogens is 1. The molecule has 14 heteroatoms. The van der Waals surface area contributed by atoms with Crippen LogP contribution in [0.15, 0.2) is 54.6 Å². The number of fused-ring (bicyclic) bond motifs is 2. The molecule has 1 aromatic heterocycles. The third-order valence-electron chi connectivity index (χ3n) is 6.38. The summed E-state index contributed by atoms with van der Waals surface area (Å²) < 4.78 is 103. The van der Waals surface area contributed by atoms with E-state index in [1.165, 1.54) is 22.9 Å². The number of rotatable bonds is 6. The van der Waals surface area contributed by atoms with Gasteiger partial charge in [0.15, 0.2) is 11.6 Å². The molecule has 0 fully saturated rings. The fraction of sp³-hybridized carbons (Fsp3) is 0.269. The Morgan fingerprint density at radius 1 is 1.10 bits per heavy atom. The molecule has 40 heavy (non-hydrogen) atoms. The van der Waals surface area contributed by atoms with Gasteiger partial charge in [0.2, 0.25) is 0 Å². The van der Waals surface area contributed by atoms with Crippen LogP contribution in [-0.4, -0.2) is 29.6 Å². The van der Waals surface area contributed by atoms with Crippen molar-refractivity contribution in [3.63, 3.8) is 0 Å². The lowest BCUT2D eigenvalue weighted by molar-refractivity contribution is -0.0429. The number of hydrogen-bond donors (Lipinski definition) is 2. The maximum atomic E-state index is 13.5. The van der Waals surface area contributed by atoms with Crippen molar-refractivity contribution in [3.05, 3.63) is 82.4 Å². The Kier molecular flexibility index (Phi) is 6.91. The number of ether oxygens (including phenoxy) is 2. The summed E-state index contributed by atoms with van der Waals surface area (Å²) in [4.78, 5) is 4.25. The van der Waals surface area contributed by atoms with Crippen LogP contribution < -0.4 is 14.2 Å². The predicted molar refractivity (Wildman–Crippen MR) is 138 cm³/mol. The van der Waals surface area contributed by atoms with Crippen molar-refractivity contribution >= 4 is 37.3 Å². The number of sulfonamides is 1. The number of hydrogen-bond acceptors (Lipinski definition) is 7. The average molecular weight is 601 g/mol. The van der Waals surface area contributed by atoms with Crippen molar-refractivity contribution in [1.29, 1.82) is 0 Å². The fourth-order valence-electron chi connectivity index (χ4n) is 4.62. The van der Waals surface area contributed by atoms with Crippen LogP contribution in [-0.2, 0) is 16.6 Å². The molecule has 7 nitrogen and oxygen atoms in total. The predicted octanol–water partition coefficient (Wildman–Crippen LogP) is 6.40. The minimum Gasteiger partial charge on any atom is -0.487 e. The highest BCUT2D eigenvalue weighted by Gasteiger charge is 2.47. The molecule has 2 heterocycles. The molecule has 0 saturated carbocycles. The van der Waals surface area contributed by atoms with Gasteiger partial charge in [-0.05, 0) is 55.8 Å². The Hall–Kier alpha value is -3.49. The average Bonchev–Trinajstić information content (AvgIpc) is 3.23. The van der Waals surface area contributed by atoms with Gasteiger partial charge in [-0.3, -0.25) is 4.72 Å². The second kappa shape index (κ2) is 9.85. The Morgan fingerprint density at radius 3 is 2.55 bits per heavy atom. The van der Waals surface area contributed by atoms with Crippen molar-refractivity contribution in [1.82, 2.24) is 4.98 Å². The quantitative estimate of drug-likeness (QED) is 0.249. The molecule has 5 rings (SSSR count). The summed E-state index contributed by atoms with van der Waals surface area (Å²) in [6, 6.07) is 12.1. The van der Waals surface area contributed by atoms with E-state index in [-0.39, 0.29) is 12.3 Å². The molecule has 0 bridgehead atoms.